The van der Waals surface area contributed by atoms with E-state index in [4.69, 9.17) is 0 Å². The van der Waals surface area contributed by atoms with Crippen LogP contribution in [0.3, 0.4) is 0 Å². The summed E-state index contributed by atoms with van der Waals surface area (Å²) in [5, 5.41) is 16.3. The molecule has 0 bridgehead atoms. The van der Waals surface area contributed by atoms with Crippen molar-refractivity contribution >= 4 is 5.96 Å². The van der Waals surface area contributed by atoms with Crippen LogP contribution < -0.4 is 10.6 Å². The van der Waals surface area contributed by atoms with E-state index in [0.29, 0.717) is 12.6 Å². The standard InChI is InChI=1S/C19H34N4O/c1-5-20-19(21-15-17-11-8-12-18(24)14-17)22-16(4)10-9-13-23(6-2)7-3/h8,11-12,14,16,24H,5-7,9-10,13,15H2,1-4H3,(H2,20,21,22). The molecule has 5 heteroatoms. The highest BCUT2D eigenvalue weighted by Crippen LogP contribution is 2.11. The van der Waals surface area contributed by atoms with Crippen molar-refractivity contribution in [2.75, 3.05) is 26.2 Å². The summed E-state index contributed by atoms with van der Waals surface area (Å²) in [5.74, 6) is 1.11. The van der Waals surface area contributed by atoms with Crippen LogP contribution in [0.1, 0.15) is 46.1 Å². The predicted molar refractivity (Wildman–Crippen MR) is 103 cm³/mol. The summed E-state index contributed by atoms with van der Waals surface area (Å²) < 4.78 is 0. The molecular formula is C19H34N4O. The molecule has 0 spiro atoms. The molecule has 136 valence electrons. The maximum atomic E-state index is 9.53. The average Bonchev–Trinajstić information content (AvgIpc) is 2.57. The Balaban J connectivity index is 2.47. The first kappa shape index (κ1) is 20.3. The SMILES string of the molecule is CCNC(=NCc1cccc(O)c1)NC(C)CCCN(CC)CC. The molecule has 1 unspecified atom stereocenters. The number of benzene rings is 1. The minimum atomic E-state index is 0.283. The summed E-state index contributed by atoms with van der Waals surface area (Å²) in [4.78, 5) is 7.07. The minimum absolute atomic E-state index is 0.283. The van der Waals surface area contributed by atoms with Crippen molar-refractivity contribution in [3.05, 3.63) is 29.8 Å². The maximum absolute atomic E-state index is 9.53. The molecule has 1 rings (SSSR count). The van der Waals surface area contributed by atoms with E-state index in [1.165, 1.54) is 6.42 Å². The second kappa shape index (κ2) is 11.7. The number of rotatable bonds is 10. The van der Waals surface area contributed by atoms with Crippen molar-refractivity contribution in [1.82, 2.24) is 15.5 Å². The van der Waals surface area contributed by atoms with Gasteiger partial charge in [-0.3, -0.25) is 0 Å². The van der Waals surface area contributed by atoms with Gasteiger partial charge >= 0.3 is 0 Å². The predicted octanol–water partition coefficient (Wildman–Crippen LogP) is 2.96. The summed E-state index contributed by atoms with van der Waals surface area (Å²) in [5.41, 5.74) is 1.00. The molecule has 0 aliphatic rings. The third-order valence-electron chi connectivity index (χ3n) is 4.06. The van der Waals surface area contributed by atoms with Crippen LogP contribution in [0.25, 0.3) is 0 Å². The van der Waals surface area contributed by atoms with Gasteiger partial charge in [0, 0.05) is 12.6 Å². The first-order valence-corrected chi connectivity index (χ1v) is 9.14. The highest BCUT2D eigenvalue weighted by molar-refractivity contribution is 5.80. The van der Waals surface area contributed by atoms with Crippen LogP contribution >= 0.6 is 0 Å². The van der Waals surface area contributed by atoms with Gasteiger partial charge in [-0.05, 0) is 64.0 Å². The van der Waals surface area contributed by atoms with Gasteiger partial charge in [-0.25, -0.2) is 4.99 Å². The Bertz CT molecular complexity index is 486. The van der Waals surface area contributed by atoms with E-state index in [-0.39, 0.29) is 5.75 Å². The zero-order chi connectivity index (χ0) is 17.8. The van der Waals surface area contributed by atoms with Crippen LogP contribution in [0, 0.1) is 0 Å². The molecule has 24 heavy (non-hydrogen) atoms. The van der Waals surface area contributed by atoms with Crippen LogP contribution in [0.5, 0.6) is 5.75 Å². The molecule has 0 heterocycles. The summed E-state index contributed by atoms with van der Waals surface area (Å²) in [6, 6.07) is 7.62. The summed E-state index contributed by atoms with van der Waals surface area (Å²) >= 11 is 0. The van der Waals surface area contributed by atoms with E-state index < -0.39 is 0 Å². The Hall–Kier alpha value is -1.75. The second-order valence-corrected chi connectivity index (χ2v) is 6.08. The molecule has 1 aromatic rings. The molecule has 0 aromatic heterocycles. The Morgan fingerprint density at radius 1 is 1.25 bits per heavy atom. The lowest BCUT2D eigenvalue weighted by Crippen LogP contribution is -2.42. The number of nitrogens with one attached hydrogen (secondary N) is 2. The molecular weight excluding hydrogens is 300 g/mol. The first-order chi connectivity index (χ1) is 11.6. The molecule has 0 fully saturated rings. The molecule has 0 saturated heterocycles. The molecule has 0 saturated carbocycles. The lowest BCUT2D eigenvalue weighted by Gasteiger charge is -2.21. The van der Waals surface area contributed by atoms with Crippen LogP contribution in [-0.2, 0) is 6.54 Å². The highest BCUT2D eigenvalue weighted by Gasteiger charge is 2.06. The molecule has 0 radical (unpaired) electrons. The molecule has 3 N–H and O–H groups in total. The normalized spacial score (nSPS) is 13.1. The Labute approximate surface area is 147 Å². The Morgan fingerprint density at radius 2 is 2.00 bits per heavy atom. The van der Waals surface area contributed by atoms with E-state index in [0.717, 1.165) is 44.1 Å². The smallest absolute Gasteiger partial charge is 0.191 e. The van der Waals surface area contributed by atoms with Crippen LogP contribution in [-0.4, -0.2) is 48.2 Å². The lowest BCUT2D eigenvalue weighted by molar-refractivity contribution is 0.292. The Kier molecular flexibility index (Phi) is 9.92. The lowest BCUT2D eigenvalue weighted by atomic mass is 10.2. The number of phenolic OH excluding ortho intramolecular Hbond substituents is 1. The number of aromatic hydroxyl groups is 1. The Morgan fingerprint density at radius 3 is 2.62 bits per heavy atom. The highest BCUT2D eigenvalue weighted by atomic mass is 16.3. The van der Waals surface area contributed by atoms with Gasteiger partial charge in [0.25, 0.3) is 0 Å². The van der Waals surface area contributed by atoms with E-state index in [2.05, 4.69) is 48.2 Å². The van der Waals surface area contributed by atoms with Crippen LogP contribution in [0.15, 0.2) is 29.3 Å². The van der Waals surface area contributed by atoms with Crippen molar-refractivity contribution in [2.45, 2.75) is 53.1 Å². The van der Waals surface area contributed by atoms with Crippen molar-refractivity contribution in [1.29, 1.82) is 0 Å². The second-order valence-electron chi connectivity index (χ2n) is 6.08. The monoisotopic (exact) mass is 334 g/mol. The largest absolute Gasteiger partial charge is 0.508 e. The maximum Gasteiger partial charge on any atom is 0.191 e. The zero-order valence-corrected chi connectivity index (χ0v) is 15.7. The number of guanidine groups is 1. The molecule has 5 nitrogen and oxygen atoms in total. The van der Waals surface area contributed by atoms with Crippen molar-refractivity contribution in [3.63, 3.8) is 0 Å². The number of aliphatic imine (C=N–C) groups is 1. The first-order valence-electron chi connectivity index (χ1n) is 9.14. The fourth-order valence-corrected chi connectivity index (χ4v) is 2.61. The van der Waals surface area contributed by atoms with Gasteiger partial charge in [0.15, 0.2) is 5.96 Å². The van der Waals surface area contributed by atoms with Gasteiger partial charge in [-0.15, -0.1) is 0 Å². The van der Waals surface area contributed by atoms with E-state index in [9.17, 15) is 5.11 Å². The number of nitrogens with zero attached hydrogens (tertiary/aromatic N) is 2. The van der Waals surface area contributed by atoms with Gasteiger partial charge in [0.2, 0.25) is 0 Å². The van der Waals surface area contributed by atoms with Gasteiger partial charge in [0.05, 0.1) is 6.54 Å². The van der Waals surface area contributed by atoms with Crippen molar-refractivity contribution in [3.8, 4) is 5.75 Å². The summed E-state index contributed by atoms with van der Waals surface area (Å²) in [6.45, 7) is 13.5. The van der Waals surface area contributed by atoms with E-state index in [1.54, 1.807) is 12.1 Å². The number of hydrogen-bond donors (Lipinski definition) is 3. The van der Waals surface area contributed by atoms with E-state index in [1.807, 2.05) is 12.1 Å². The number of phenols is 1. The van der Waals surface area contributed by atoms with Gasteiger partial charge in [-0.2, -0.15) is 0 Å². The number of hydrogen-bond acceptors (Lipinski definition) is 3. The average molecular weight is 335 g/mol. The topological polar surface area (TPSA) is 59.9 Å². The fraction of sp³-hybridized carbons (Fsp3) is 0.632. The molecule has 0 aliphatic heterocycles. The molecule has 1 aromatic carbocycles. The van der Waals surface area contributed by atoms with Gasteiger partial charge in [0.1, 0.15) is 5.75 Å². The molecule has 0 aliphatic carbocycles. The van der Waals surface area contributed by atoms with Crippen molar-refractivity contribution in [2.24, 2.45) is 4.99 Å². The summed E-state index contributed by atoms with van der Waals surface area (Å²) in [7, 11) is 0. The zero-order valence-electron chi connectivity index (χ0n) is 15.7. The van der Waals surface area contributed by atoms with Crippen molar-refractivity contribution < 1.29 is 5.11 Å². The van der Waals surface area contributed by atoms with E-state index >= 15 is 0 Å². The van der Waals surface area contributed by atoms with Crippen LogP contribution in [0.4, 0.5) is 0 Å². The van der Waals surface area contributed by atoms with Crippen LogP contribution in [0.2, 0.25) is 0 Å². The molecule has 0 amide bonds. The third-order valence-corrected chi connectivity index (χ3v) is 4.06. The summed E-state index contributed by atoms with van der Waals surface area (Å²) in [6.07, 6.45) is 2.30. The third kappa shape index (κ3) is 8.20. The van der Waals surface area contributed by atoms with Gasteiger partial charge < -0.3 is 20.6 Å². The molecule has 1 atom stereocenters. The minimum Gasteiger partial charge on any atom is -0.508 e. The van der Waals surface area contributed by atoms with Gasteiger partial charge in [-0.1, -0.05) is 26.0 Å². The quantitative estimate of drug-likeness (QED) is 0.455. The fourth-order valence-electron chi connectivity index (χ4n) is 2.61.